The Morgan fingerprint density at radius 3 is 2.64 bits per heavy atom. The van der Waals surface area contributed by atoms with Crippen LogP contribution in [0.15, 0.2) is 12.3 Å². The van der Waals surface area contributed by atoms with E-state index in [9.17, 15) is 4.79 Å². The first-order chi connectivity index (χ1) is 6.75. The molecule has 0 aromatic carbocycles. The monoisotopic (exact) mass is 194 g/mol. The van der Waals surface area contributed by atoms with E-state index in [1.54, 1.807) is 13.0 Å². The summed E-state index contributed by atoms with van der Waals surface area (Å²) in [7, 11) is 0. The number of aromatic nitrogens is 2. The molecule has 14 heavy (non-hydrogen) atoms. The number of hydrogen-bond donors (Lipinski definition) is 0. The number of rotatable bonds is 3. The van der Waals surface area contributed by atoms with Crippen molar-refractivity contribution in [2.24, 2.45) is 5.92 Å². The Labute approximate surface area is 85.1 Å². The van der Waals surface area contributed by atoms with E-state index >= 15 is 0 Å². The predicted octanol–water partition coefficient (Wildman–Crippen LogP) is 2.52. The molecular weight excluding hydrogens is 176 g/mol. The minimum absolute atomic E-state index is 0.0459. The van der Waals surface area contributed by atoms with Crippen LogP contribution < -0.4 is 0 Å². The van der Waals surface area contributed by atoms with Gasteiger partial charge in [-0.05, 0) is 24.8 Å². The van der Waals surface area contributed by atoms with Crippen molar-refractivity contribution in [2.75, 3.05) is 0 Å². The maximum Gasteiger partial charge on any atom is 0.179 e. The van der Waals surface area contributed by atoms with E-state index in [0.29, 0.717) is 5.69 Å². The Bertz CT molecular complexity index is 300. The van der Waals surface area contributed by atoms with Crippen LogP contribution in [0, 0.1) is 5.92 Å². The van der Waals surface area contributed by atoms with Crippen LogP contribution in [0.25, 0.3) is 0 Å². The summed E-state index contributed by atoms with van der Waals surface area (Å²) >= 11 is 0. The molecule has 0 saturated heterocycles. The Morgan fingerprint density at radius 2 is 2.21 bits per heavy atom. The van der Waals surface area contributed by atoms with Gasteiger partial charge in [0, 0.05) is 19.7 Å². The van der Waals surface area contributed by atoms with Crippen LogP contribution in [0.5, 0.6) is 0 Å². The lowest BCUT2D eigenvalue weighted by atomic mass is 10.3. The van der Waals surface area contributed by atoms with Crippen LogP contribution in [0.3, 0.4) is 0 Å². The molecule has 1 aliphatic carbocycles. The highest BCUT2D eigenvalue weighted by atomic mass is 16.1. The molecule has 0 unspecified atom stereocenters. The molecule has 1 fully saturated rings. The molecule has 1 aromatic rings. The van der Waals surface area contributed by atoms with Gasteiger partial charge in [0.25, 0.3) is 0 Å². The molecule has 0 bridgehead atoms. The Hall–Kier alpha value is -1.12. The third kappa shape index (κ3) is 2.98. The van der Waals surface area contributed by atoms with Gasteiger partial charge in [0.15, 0.2) is 5.78 Å². The zero-order valence-corrected chi connectivity index (χ0v) is 9.16. The first-order valence-electron chi connectivity index (χ1n) is 5.30. The standard InChI is InChI=1S/C9H12N2O.C2H6/c1-7(12)9-4-5-11(10-9)6-8-2-3-8;1-2/h4-5,8H,2-3,6H2,1H3;1-2H3. The van der Waals surface area contributed by atoms with Gasteiger partial charge in [-0.25, -0.2) is 0 Å². The van der Waals surface area contributed by atoms with Crippen LogP contribution in [-0.4, -0.2) is 15.6 Å². The second-order valence-corrected chi connectivity index (χ2v) is 3.42. The SMILES string of the molecule is CC.CC(=O)c1ccn(CC2CC2)n1. The zero-order chi connectivity index (χ0) is 10.6. The summed E-state index contributed by atoms with van der Waals surface area (Å²) in [4.78, 5) is 10.9. The van der Waals surface area contributed by atoms with Crippen molar-refractivity contribution in [1.29, 1.82) is 0 Å². The van der Waals surface area contributed by atoms with Gasteiger partial charge < -0.3 is 0 Å². The summed E-state index contributed by atoms with van der Waals surface area (Å²) < 4.78 is 1.87. The predicted molar refractivity (Wildman–Crippen MR) is 56.3 cm³/mol. The minimum atomic E-state index is 0.0459. The summed E-state index contributed by atoms with van der Waals surface area (Å²) in [5.41, 5.74) is 0.579. The fraction of sp³-hybridized carbons (Fsp3) is 0.636. The fourth-order valence-corrected chi connectivity index (χ4v) is 1.22. The molecule has 1 saturated carbocycles. The number of nitrogens with zero attached hydrogens (tertiary/aromatic N) is 2. The van der Waals surface area contributed by atoms with E-state index < -0.39 is 0 Å². The molecule has 0 amide bonds. The van der Waals surface area contributed by atoms with Gasteiger partial charge in [0.05, 0.1) is 0 Å². The second-order valence-electron chi connectivity index (χ2n) is 3.42. The number of carbonyl (C=O) groups is 1. The van der Waals surface area contributed by atoms with E-state index in [1.165, 1.54) is 12.8 Å². The largest absolute Gasteiger partial charge is 0.293 e. The van der Waals surface area contributed by atoms with E-state index in [0.717, 1.165) is 12.5 Å². The molecule has 1 aliphatic rings. The lowest BCUT2D eigenvalue weighted by Crippen LogP contribution is -2.02. The van der Waals surface area contributed by atoms with E-state index in [-0.39, 0.29) is 5.78 Å². The number of ketones is 1. The highest BCUT2D eigenvalue weighted by Gasteiger charge is 2.22. The molecule has 0 atom stereocenters. The summed E-state index contributed by atoms with van der Waals surface area (Å²) in [6.45, 7) is 6.52. The van der Waals surface area contributed by atoms with Gasteiger partial charge in [0.1, 0.15) is 5.69 Å². The van der Waals surface area contributed by atoms with Crippen LogP contribution in [0.1, 0.15) is 44.1 Å². The molecule has 0 aliphatic heterocycles. The first kappa shape index (κ1) is 11.0. The van der Waals surface area contributed by atoms with Crippen molar-refractivity contribution in [3.63, 3.8) is 0 Å². The van der Waals surface area contributed by atoms with Gasteiger partial charge in [-0.15, -0.1) is 0 Å². The number of carbonyl (C=O) groups excluding carboxylic acids is 1. The van der Waals surface area contributed by atoms with E-state index in [4.69, 9.17) is 0 Å². The molecule has 3 heteroatoms. The maximum absolute atomic E-state index is 10.9. The molecule has 2 rings (SSSR count). The highest BCUT2D eigenvalue weighted by molar-refractivity contribution is 5.91. The molecule has 1 aromatic heterocycles. The number of hydrogen-bond acceptors (Lipinski definition) is 2. The molecule has 0 radical (unpaired) electrons. The lowest BCUT2D eigenvalue weighted by Gasteiger charge is -1.96. The smallest absolute Gasteiger partial charge is 0.179 e. The Morgan fingerprint density at radius 1 is 1.57 bits per heavy atom. The summed E-state index contributed by atoms with van der Waals surface area (Å²) in [5.74, 6) is 0.856. The van der Waals surface area contributed by atoms with Crippen LogP contribution >= 0.6 is 0 Å². The molecule has 0 N–H and O–H groups in total. The van der Waals surface area contributed by atoms with Crippen LogP contribution in [0.2, 0.25) is 0 Å². The molecule has 78 valence electrons. The van der Waals surface area contributed by atoms with Crippen molar-refractivity contribution in [1.82, 2.24) is 9.78 Å². The van der Waals surface area contributed by atoms with Gasteiger partial charge in [-0.2, -0.15) is 5.10 Å². The zero-order valence-electron chi connectivity index (χ0n) is 9.16. The van der Waals surface area contributed by atoms with Gasteiger partial charge in [-0.3, -0.25) is 9.48 Å². The number of Topliss-reactive ketones (excluding diaryl/α,β-unsaturated/α-hetero) is 1. The molecule has 1 heterocycles. The van der Waals surface area contributed by atoms with Crippen molar-refractivity contribution in [3.8, 4) is 0 Å². The summed E-state index contributed by atoms with van der Waals surface area (Å²) in [6.07, 6.45) is 4.51. The van der Waals surface area contributed by atoms with E-state index in [1.807, 2.05) is 24.7 Å². The summed E-state index contributed by atoms with van der Waals surface area (Å²) in [5, 5.41) is 4.16. The van der Waals surface area contributed by atoms with E-state index in [2.05, 4.69) is 5.10 Å². The van der Waals surface area contributed by atoms with Crippen molar-refractivity contribution < 1.29 is 4.79 Å². The Balaban J connectivity index is 0.000000461. The fourth-order valence-electron chi connectivity index (χ4n) is 1.22. The van der Waals surface area contributed by atoms with Gasteiger partial charge in [0.2, 0.25) is 0 Å². The molecule has 0 spiro atoms. The topological polar surface area (TPSA) is 34.9 Å². The third-order valence-electron chi connectivity index (χ3n) is 2.14. The quantitative estimate of drug-likeness (QED) is 0.693. The maximum atomic E-state index is 10.9. The van der Waals surface area contributed by atoms with Crippen molar-refractivity contribution >= 4 is 5.78 Å². The third-order valence-corrected chi connectivity index (χ3v) is 2.14. The molecule has 3 nitrogen and oxygen atoms in total. The normalized spacial score (nSPS) is 14.5. The molecular formula is C11H18N2O. The van der Waals surface area contributed by atoms with Crippen LogP contribution in [-0.2, 0) is 6.54 Å². The summed E-state index contributed by atoms with van der Waals surface area (Å²) in [6, 6.07) is 1.78. The Kier molecular flexibility index (Phi) is 3.86. The second kappa shape index (κ2) is 4.94. The highest BCUT2D eigenvalue weighted by Crippen LogP contribution is 2.30. The average Bonchev–Trinajstić information content (AvgIpc) is 2.85. The minimum Gasteiger partial charge on any atom is -0.293 e. The average molecular weight is 194 g/mol. The van der Waals surface area contributed by atoms with Gasteiger partial charge >= 0.3 is 0 Å². The first-order valence-corrected chi connectivity index (χ1v) is 5.30. The van der Waals surface area contributed by atoms with Crippen molar-refractivity contribution in [3.05, 3.63) is 18.0 Å². The van der Waals surface area contributed by atoms with Crippen molar-refractivity contribution in [2.45, 2.75) is 40.2 Å². The van der Waals surface area contributed by atoms with Crippen LogP contribution in [0.4, 0.5) is 0 Å². The van der Waals surface area contributed by atoms with Gasteiger partial charge in [-0.1, -0.05) is 13.8 Å². The lowest BCUT2D eigenvalue weighted by molar-refractivity contribution is 0.101.